The van der Waals surface area contributed by atoms with Crippen molar-refractivity contribution in [3.8, 4) is 0 Å². The molecule has 0 amide bonds. The van der Waals surface area contributed by atoms with Crippen molar-refractivity contribution in [1.82, 2.24) is 5.32 Å². The van der Waals surface area contributed by atoms with E-state index in [2.05, 4.69) is 17.4 Å². The highest BCUT2D eigenvalue weighted by Crippen LogP contribution is 2.69. The maximum atomic E-state index is 13.4. The molecule has 7 nitrogen and oxygen atoms in total. The van der Waals surface area contributed by atoms with Gasteiger partial charge in [0, 0.05) is 4.90 Å². The van der Waals surface area contributed by atoms with Crippen LogP contribution >= 0.6 is 27.0 Å². The van der Waals surface area contributed by atoms with E-state index in [-0.39, 0.29) is 26.4 Å². The minimum absolute atomic E-state index is 0.168. The molecule has 1 rings (SSSR count). The van der Waals surface area contributed by atoms with Gasteiger partial charge in [-0.05, 0) is 65.0 Å². The summed E-state index contributed by atoms with van der Waals surface area (Å²) in [5.74, 6) is 0.958. The Hall–Kier alpha value is -0.170. The van der Waals surface area contributed by atoms with Gasteiger partial charge in [-0.1, -0.05) is 18.2 Å². The summed E-state index contributed by atoms with van der Waals surface area (Å²) in [6.45, 7) is 8.04. The minimum Gasteiger partial charge on any atom is -0.307 e. The lowest BCUT2D eigenvalue weighted by molar-refractivity contribution is 0.190. The minimum atomic E-state index is -3.74. The highest BCUT2D eigenvalue weighted by Gasteiger charge is 2.50. The summed E-state index contributed by atoms with van der Waals surface area (Å²) < 4.78 is 48.5. The fraction of sp³-hybridized carbons (Fsp3) is 0.684. The average Bonchev–Trinajstić information content (AvgIpc) is 2.68. The molecular weight excluding hydrogens is 432 g/mol. The Balaban J connectivity index is 2.75. The molecule has 0 saturated heterocycles. The van der Waals surface area contributed by atoms with Crippen LogP contribution in [0.5, 0.6) is 0 Å². The van der Waals surface area contributed by atoms with Gasteiger partial charge in [-0.15, -0.1) is 11.8 Å². The van der Waals surface area contributed by atoms with Crippen molar-refractivity contribution < 1.29 is 27.2 Å². The Morgan fingerprint density at radius 3 is 1.76 bits per heavy atom. The molecule has 168 valence electrons. The smallest absolute Gasteiger partial charge is 0.307 e. The molecule has 29 heavy (non-hydrogen) atoms. The molecule has 10 heteroatoms. The Labute approximate surface area is 179 Å². The van der Waals surface area contributed by atoms with Crippen LogP contribution in [0.1, 0.15) is 40.5 Å². The number of hydrogen-bond acceptors (Lipinski definition) is 8. The predicted molar refractivity (Wildman–Crippen MR) is 120 cm³/mol. The zero-order valence-electron chi connectivity index (χ0n) is 17.9. The number of hydrogen-bond donors (Lipinski definition) is 1. The summed E-state index contributed by atoms with van der Waals surface area (Å²) in [5.41, 5.74) is -1.16. The maximum absolute atomic E-state index is 13.4. The quantitative estimate of drug-likeness (QED) is 0.171. The maximum Gasteiger partial charge on any atom is 0.359 e. The largest absolute Gasteiger partial charge is 0.359 e. The van der Waals surface area contributed by atoms with Gasteiger partial charge in [-0.3, -0.25) is 14.4 Å². The fourth-order valence-corrected chi connectivity index (χ4v) is 8.62. The highest BCUT2D eigenvalue weighted by atomic mass is 32.2. The van der Waals surface area contributed by atoms with E-state index in [0.29, 0.717) is 6.54 Å². The van der Waals surface area contributed by atoms with E-state index in [0.717, 1.165) is 18.6 Å². The second kappa shape index (κ2) is 14.8. The number of benzene rings is 1. The second-order valence-corrected chi connectivity index (χ2v) is 11.7. The van der Waals surface area contributed by atoms with Crippen LogP contribution in [0.4, 0.5) is 0 Å². The van der Waals surface area contributed by atoms with Crippen molar-refractivity contribution in [3.05, 3.63) is 30.3 Å². The molecule has 1 aromatic carbocycles. The third-order valence-corrected chi connectivity index (χ3v) is 10.6. The molecule has 0 spiro atoms. The van der Waals surface area contributed by atoms with E-state index in [4.69, 9.17) is 18.1 Å². The monoisotopic (exact) mass is 467 g/mol. The van der Waals surface area contributed by atoms with E-state index in [1.807, 2.05) is 18.2 Å². The van der Waals surface area contributed by atoms with Gasteiger partial charge in [0.15, 0.2) is 0 Å². The highest BCUT2D eigenvalue weighted by molar-refractivity contribution is 7.99. The van der Waals surface area contributed by atoms with Crippen LogP contribution in [0.3, 0.4) is 0 Å². The first-order valence-electron chi connectivity index (χ1n) is 10.1. The molecule has 0 saturated carbocycles. The van der Waals surface area contributed by atoms with Crippen LogP contribution in [0.2, 0.25) is 0 Å². The normalized spacial score (nSPS) is 12.6. The fourth-order valence-electron chi connectivity index (χ4n) is 2.64. The second-order valence-electron chi connectivity index (χ2n) is 5.95. The lowest BCUT2D eigenvalue weighted by atomic mass is 10.3. The van der Waals surface area contributed by atoms with Crippen LogP contribution in [0.25, 0.3) is 0 Å². The van der Waals surface area contributed by atoms with Crippen LogP contribution in [-0.2, 0) is 27.2 Å². The van der Waals surface area contributed by atoms with Crippen molar-refractivity contribution in [2.45, 2.75) is 51.0 Å². The summed E-state index contributed by atoms with van der Waals surface area (Å²) in [7, 11) is -7.49. The van der Waals surface area contributed by atoms with E-state index in [1.54, 1.807) is 39.5 Å². The Kier molecular flexibility index (Phi) is 13.7. The van der Waals surface area contributed by atoms with Crippen molar-refractivity contribution in [2.75, 3.05) is 38.7 Å². The van der Waals surface area contributed by atoms with E-state index < -0.39 is 20.7 Å². The summed E-state index contributed by atoms with van der Waals surface area (Å²) in [6.07, 6.45) is 1.76. The molecule has 0 aromatic heterocycles. The van der Waals surface area contributed by atoms with Gasteiger partial charge in [-0.25, -0.2) is 0 Å². The lowest BCUT2D eigenvalue weighted by Crippen LogP contribution is -2.33. The topological polar surface area (TPSA) is 83.1 Å². The number of rotatable bonds is 17. The molecule has 1 aromatic rings. The summed E-state index contributed by atoms with van der Waals surface area (Å²) >= 11 is 1.79. The molecule has 0 heterocycles. The van der Waals surface area contributed by atoms with Gasteiger partial charge >= 0.3 is 15.2 Å². The molecule has 0 atom stereocenters. The molecule has 0 aliphatic carbocycles. The zero-order chi connectivity index (χ0) is 21.6. The first-order valence-corrected chi connectivity index (χ1v) is 14.3. The third kappa shape index (κ3) is 9.24. The van der Waals surface area contributed by atoms with Crippen LogP contribution in [-0.4, -0.2) is 44.2 Å². The summed E-state index contributed by atoms with van der Waals surface area (Å²) in [6, 6.07) is 10.2. The van der Waals surface area contributed by atoms with Crippen molar-refractivity contribution in [2.24, 2.45) is 0 Å². The lowest BCUT2D eigenvalue weighted by Gasteiger charge is -2.31. The predicted octanol–water partition coefficient (Wildman–Crippen LogP) is 5.96. The molecule has 0 bridgehead atoms. The molecule has 0 aliphatic rings. The molecule has 1 N–H and O–H groups in total. The zero-order valence-corrected chi connectivity index (χ0v) is 20.5. The molecular formula is C19H35NO6P2S. The number of nitrogens with one attached hydrogen (secondary N) is 1. The van der Waals surface area contributed by atoms with Crippen LogP contribution in [0.15, 0.2) is 35.2 Å². The molecule has 0 aliphatic heterocycles. The SMILES string of the molecule is CCOP(=O)(OCC)C(NCCCCSc1ccccc1)P(=O)(OCC)OCC. The Morgan fingerprint density at radius 1 is 0.828 bits per heavy atom. The van der Waals surface area contributed by atoms with Gasteiger partial charge in [0.25, 0.3) is 0 Å². The van der Waals surface area contributed by atoms with E-state index in [9.17, 15) is 9.13 Å². The Bertz CT molecular complexity index is 599. The molecule has 0 unspecified atom stereocenters. The van der Waals surface area contributed by atoms with Crippen molar-refractivity contribution in [3.63, 3.8) is 0 Å². The first-order chi connectivity index (χ1) is 14.0. The van der Waals surface area contributed by atoms with Gasteiger partial charge in [0.1, 0.15) is 0 Å². The third-order valence-electron chi connectivity index (χ3n) is 3.75. The van der Waals surface area contributed by atoms with Gasteiger partial charge in [0.2, 0.25) is 5.52 Å². The number of thioether (sulfide) groups is 1. The van der Waals surface area contributed by atoms with Crippen molar-refractivity contribution >= 4 is 27.0 Å². The van der Waals surface area contributed by atoms with Crippen LogP contribution < -0.4 is 5.32 Å². The van der Waals surface area contributed by atoms with Gasteiger partial charge in [0.05, 0.1) is 26.4 Å². The van der Waals surface area contributed by atoms with Crippen LogP contribution in [0, 0.1) is 0 Å². The Morgan fingerprint density at radius 2 is 1.31 bits per heavy atom. The molecule has 0 radical (unpaired) electrons. The van der Waals surface area contributed by atoms with Crippen molar-refractivity contribution in [1.29, 1.82) is 0 Å². The summed E-state index contributed by atoms with van der Waals surface area (Å²) in [4.78, 5) is 1.23. The first kappa shape index (κ1) is 26.9. The molecule has 0 fully saturated rings. The van der Waals surface area contributed by atoms with E-state index >= 15 is 0 Å². The summed E-state index contributed by atoms with van der Waals surface area (Å²) in [5, 5.41) is 3.10. The van der Waals surface area contributed by atoms with Gasteiger partial charge in [-0.2, -0.15) is 0 Å². The van der Waals surface area contributed by atoms with Gasteiger partial charge < -0.3 is 18.1 Å². The van der Waals surface area contributed by atoms with E-state index in [1.165, 1.54) is 4.90 Å². The average molecular weight is 468 g/mol. The number of unbranched alkanes of at least 4 members (excludes halogenated alkanes) is 1. The standard InChI is InChI=1S/C19H35NO6P2S/c1-5-23-27(21,24-6-2)19(28(22,25-7-3)26-8-4)20-16-12-13-17-29-18-14-10-9-11-15-18/h9-11,14-15,19-20H,5-8,12-13,16-17H2,1-4H3.